The van der Waals surface area contributed by atoms with E-state index < -0.39 is 11.7 Å². The van der Waals surface area contributed by atoms with E-state index >= 15 is 0 Å². The van der Waals surface area contributed by atoms with E-state index in [-0.39, 0.29) is 16.8 Å². The first-order valence-electron chi connectivity index (χ1n) is 10.9. The van der Waals surface area contributed by atoms with Crippen LogP contribution in [0.5, 0.6) is 5.75 Å². The number of ether oxygens (including phenoxy) is 1. The molecule has 1 aliphatic heterocycles. The Labute approximate surface area is 210 Å². The third-order valence-electron chi connectivity index (χ3n) is 6.26. The smallest absolute Gasteiger partial charge is 0.418 e. The number of fused-ring (bicyclic) bond motifs is 3. The number of H-pyrrole nitrogens is 1. The molecule has 1 unspecified atom stereocenters. The first-order valence-corrected chi connectivity index (χ1v) is 11.7. The number of benzene rings is 3. The lowest BCUT2D eigenvalue weighted by Crippen LogP contribution is -2.43. The molecule has 1 aromatic heterocycles. The number of aromatic nitrogens is 1. The number of nitrogens with one attached hydrogen (secondary N) is 2. The quantitative estimate of drug-likeness (QED) is 0.283. The summed E-state index contributed by atoms with van der Waals surface area (Å²) in [6, 6.07) is 18.3. The van der Waals surface area contributed by atoms with Crippen LogP contribution in [-0.2, 0) is 12.6 Å². The van der Waals surface area contributed by atoms with Gasteiger partial charge >= 0.3 is 6.18 Å². The molecule has 0 fully saturated rings. The summed E-state index contributed by atoms with van der Waals surface area (Å²) in [6.45, 7) is 0.517. The molecular formula is C26H21ClF3N3OS. The van der Waals surface area contributed by atoms with E-state index in [2.05, 4.69) is 10.3 Å². The highest BCUT2D eigenvalue weighted by Gasteiger charge is 2.36. The van der Waals surface area contributed by atoms with Gasteiger partial charge < -0.3 is 19.9 Å². The first-order chi connectivity index (χ1) is 16.8. The van der Waals surface area contributed by atoms with Crippen molar-refractivity contribution < 1.29 is 17.9 Å². The molecule has 0 amide bonds. The van der Waals surface area contributed by atoms with Crippen LogP contribution in [-0.4, -0.2) is 28.7 Å². The van der Waals surface area contributed by atoms with Gasteiger partial charge in [0.2, 0.25) is 0 Å². The Morgan fingerprint density at radius 3 is 2.57 bits per heavy atom. The molecule has 0 spiro atoms. The van der Waals surface area contributed by atoms with Crippen molar-refractivity contribution in [1.82, 2.24) is 9.88 Å². The minimum absolute atomic E-state index is 0.0762. The third kappa shape index (κ3) is 4.44. The summed E-state index contributed by atoms with van der Waals surface area (Å²) < 4.78 is 46.0. The Kier molecular flexibility index (Phi) is 6.11. The van der Waals surface area contributed by atoms with Crippen LogP contribution in [0, 0.1) is 0 Å². The highest BCUT2D eigenvalue weighted by atomic mass is 35.5. The third-order valence-corrected chi connectivity index (χ3v) is 6.83. The number of nitrogens with zero attached hydrogens (tertiary/aromatic N) is 1. The van der Waals surface area contributed by atoms with E-state index in [1.54, 1.807) is 13.2 Å². The van der Waals surface area contributed by atoms with Gasteiger partial charge in [-0.1, -0.05) is 35.9 Å². The number of halogens is 4. The predicted molar refractivity (Wildman–Crippen MR) is 136 cm³/mol. The molecule has 5 rings (SSSR count). The lowest BCUT2D eigenvalue weighted by atomic mass is 9.92. The molecule has 0 bridgehead atoms. The molecule has 0 aliphatic carbocycles. The van der Waals surface area contributed by atoms with Gasteiger partial charge in [0, 0.05) is 28.2 Å². The lowest BCUT2D eigenvalue weighted by molar-refractivity contribution is -0.136. The minimum Gasteiger partial charge on any atom is -0.497 e. The van der Waals surface area contributed by atoms with Gasteiger partial charge in [0.05, 0.1) is 24.4 Å². The minimum atomic E-state index is -4.50. The maximum atomic E-state index is 13.6. The topological polar surface area (TPSA) is 40.3 Å². The van der Waals surface area contributed by atoms with Gasteiger partial charge in [-0.3, -0.25) is 0 Å². The fourth-order valence-electron chi connectivity index (χ4n) is 4.64. The van der Waals surface area contributed by atoms with Crippen LogP contribution in [0.3, 0.4) is 0 Å². The van der Waals surface area contributed by atoms with E-state index in [1.807, 2.05) is 47.4 Å². The standard InChI is InChI=1S/C26H21ClF3N3OS/c1-34-17-9-6-15(7-10-17)24-23-18(19-14-16(27)8-11-21(19)31-23)12-13-33(24)25(35)32-22-5-3-2-4-20(22)26(28,29)30/h2-11,14,24,31H,12-13H2,1H3,(H,32,35). The molecule has 2 N–H and O–H groups in total. The summed E-state index contributed by atoms with van der Waals surface area (Å²) in [7, 11) is 1.60. The van der Waals surface area contributed by atoms with E-state index in [9.17, 15) is 13.2 Å². The van der Waals surface area contributed by atoms with Gasteiger partial charge in [-0.05, 0) is 72.2 Å². The van der Waals surface area contributed by atoms with Gasteiger partial charge in [-0.2, -0.15) is 13.2 Å². The van der Waals surface area contributed by atoms with Gasteiger partial charge in [-0.25, -0.2) is 0 Å². The van der Waals surface area contributed by atoms with Crippen LogP contribution in [0.2, 0.25) is 5.02 Å². The first kappa shape index (κ1) is 23.5. The molecule has 0 saturated carbocycles. The monoisotopic (exact) mass is 515 g/mol. The molecule has 3 aromatic carbocycles. The van der Waals surface area contributed by atoms with Crippen LogP contribution < -0.4 is 10.1 Å². The van der Waals surface area contributed by atoms with E-state index in [1.165, 1.54) is 12.1 Å². The summed E-state index contributed by atoms with van der Waals surface area (Å²) in [6.07, 6.45) is -3.84. The average Bonchev–Trinajstić information content (AvgIpc) is 3.21. The number of alkyl halides is 3. The van der Waals surface area contributed by atoms with Gasteiger partial charge in [-0.15, -0.1) is 0 Å². The SMILES string of the molecule is COc1ccc(C2c3[nH]c4ccc(Cl)cc4c3CCN2C(=S)Nc2ccccc2C(F)(F)F)cc1. The predicted octanol–water partition coefficient (Wildman–Crippen LogP) is 7.19. The number of hydrogen-bond acceptors (Lipinski definition) is 2. The molecule has 4 nitrogen and oxygen atoms in total. The molecule has 2 heterocycles. The van der Waals surface area contributed by atoms with Crippen molar-refractivity contribution in [2.45, 2.75) is 18.6 Å². The van der Waals surface area contributed by atoms with Crippen molar-refractivity contribution >= 4 is 45.5 Å². The number of methoxy groups -OCH3 is 1. The lowest BCUT2D eigenvalue weighted by Gasteiger charge is -2.38. The molecule has 35 heavy (non-hydrogen) atoms. The Hall–Kier alpha value is -3.23. The van der Waals surface area contributed by atoms with Crippen molar-refractivity contribution in [3.8, 4) is 5.75 Å². The fraction of sp³-hybridized carbons (Fsp3) is 0.192. The Morgan fingerprint density at radius 1 is 1.11 bits per heavy atom. The van der Waals surface area contributed by atoms with Crippen LogP contribution >= 0.6 is 23.8 Å². The average molecular weight is 516 g/mol. The van der Waals surface area contributed by atoms with Crippen molar-refractivity contribution in [3.05, 3.63) is 94.1 Å². The van der Waals surface area contributed by atoms with Crippen molar-refractivity contribution in [2.24, 2.45) is 0 Å². The maximum Gasteiger partial charge on any atom is 0.418 e. The molecule has 0 radical (unpaired) electrons. The number of para-hydroxylation sites is 1. The molecule has 1 aliphatic rings. The largest absolute Gasteiger partial charge is 0.497 e. The molecular weight excluding hydrogens is 495 g/mol. The van der Waals surface area contributed by atoms with Crippen LogP contribution in [0.1, 0.15) is 28.4 Å². The summed E-state index contributed by atoms with van der Waals surface area (Å²) in [5.74, 6) is 0.708. The summed E-state index contributed by atoms with van der Waals surface area (Å²) in [5, 5.41) is 4.75. The molecule has 9 heteroatoms. The Bertz CT molecular complexity index is 1400. The molecule has 180 valence electrons. The molecule has 4 aromatic rings. The number of thiocarbonyl (C=S) groups is 1. The van der Waals surface area contributed by atoms with E-state index in [0.29, 0.717) is 23.7 Å². The van der Waals surface area contributed by atoms with Crippen LogP contribution in [0.25, 0.3) is 10.9 Å². The fourth-order valence-corrected chi connectivity index (χ4v) is 5.12. The van der Waals surface area contributed by atoms with Gasteiger partial charge in [0.25, 0.3) is 0 Å². The van der Waals surface area contributed by atoms with Crippen LogP contribution in [0.15, 0.2) is 66.7 Å². The second kappa shape index (κ2) is 9.09. The zero-order chi connectivity index (χ0) is 24.7. The zero-order valence-corrected chi connectivity index (χ0v) is 20.2. The number of anilines is 1. The second-order valence-electron chi connectivity index (χ2n) is 8.30. The van der Waals surface area contributed by atoms with E-state index in [4.69, 9.17) is 28.6 Å². The van der Waals surface area contributed by atoms with Crippen molar-refractivity contribution in [1.29, 1.82) is 0 Å². The zero-order valence-electron chi connectivity index (χ0n) is 18.6. The van der Waals surface area contributed by atoms with Gasteiger partial charge in [0.1, 0.15) is 5.75 Å². The number of aromatic amines is 1. The maximum absolute atomic E-state index is 13.6. The van der Waals surface area contributed by atoms with E-state index in [0.717, 1.165) is 33.8 Å². The second-order valence-corrected chi connectivity index (χ2v) is 9.12. The Balaban J connectivity index is 1.58. The molecule has 0 saturated heterocycles. The number of rotatable bonds is 3. The number of hydrogen-bond donors (Lipinski definition) is 2. The Morgan fingerprint density at radius 2 is 1.86 bits per heavy atom. The van der Waals surface area contributed by atoms with Crippen molar-refractivity contribution in [2.75, 3.05) is 19.0 Å². The summed E-state index contributed by atoms with van der Waals surface area (Å²) >= 11 is 11.9. The highest BCUT2D eigenvalue weighted by molar-refractivity contribution is 7.80. The van der Waals surface area contributed by atoms with Crippen molar-refractivity contribution in [3.63, 3.8) is 0 Å². The van der Waals surface area contributed by atoms with Crippen LogP contribution in [0.4, 0.5) is 18.9 Å². The van der Waals surface area contributed by atoms with Gasteiger partial charge in [0.15, 0.2) is 5.11 Å². The summed E-state index contributed by atoms with van der Waals surface area (Å²) in [5.41, 5.74) is 3.10. The highest BCUT2D eigenvalue weighted by Crippen LogP contribution is 2.40. The normalized spacial score (nSPS) is 15.7. The summed E-state index contributed by atoms with van der Waals surface area (Å²) in [4.78, 5) is 5.43. The molecule has 1 atom stereocenters.